The van der Waals surface area contributed by atoms with Crippen molar-refractivity contribution in [2.75, 3.05) is 10.2 Å². The van der Waals surface area contributed by atoms with Gasteiger partial charge in [0.05, 0.1) is 11.2 Å². The Morgan fingerprint density at radius 3 is 1.86 bits per heavy atom. The van der Waals surface area contributed by atoms with Crippen molar-refractivity contribution in [1.29, 1.82) is 0 Å². The molecule has 1 heterocycles. The molecule has 2 N–H and O–H groups in total. The number of hydrogen-bond acceptors (Lipinski definition) is 2. The molecule has 0 fully saturated rings. The first-order chi connectivity index (χ1) is 21.4. The van der Waals surface area contributed by atoms with Crippen molar-refractivity contribution in [2.45, 2.75) is 33.1 Å². The van der Waals surface area contributed by atoms with Crippen LogP contribution in [0, 0.1) is 13.8 Å². The maximum atomic E-state index is 3.74. The topological polar surface area (TPSA) is 31.1 Å². The molecule has 214 valence electrons. The van der Waals surface area contributed by atoms with E-state index in [1.165, 1.54) is 49.8 Å². The molecule has 0 spiro atoms. The van der Waals surface area contributed by atoms with Crippen LogP contribution in [0.5, 0.6) is 0 Å². The fourth-order valence-electron chi connectivity index (χ4n) is 6.91. The molecule has 3 nitrogen and oxygen atoms in total. The van der Waals surface area contributed by atoms with E-state index >= 15 is 0 Å². The molecule has 3 heteroatoms. The van der Waals surface area contributed by atoms with Crippen molar-refractivity contribution in [2.24, 2.45) is 0 Å². The molecular formula is C41H35N3. The van der Waals surface area contributed by atoms with Gasteiger partial charge in [0, 0.05) is 44.5 Å². The van der Waals surface area contributed by atoms with Crippen LogP contribution < -0.4 is 10.2 Å². The summed E-state index contributed by atoms with van der Waals surface area (Å²) in [4.78, 5) is 6.00. The lowest BCUT2D eigenvalue weighted by atomic mass is 9.82. The molecule has 1 aliphatic rings. The predicted octanol–water partition coefficient (Wildman–Crippen LogP) is 11.5. The number of rotatable bonds is 5. The maximum absolute atomic E-state index is 3.74. The largest absolute Gasteiger partial charge is 0.354 e. The average molecular weight is 570 g/mol. The lowest BCUT2D eigenvalue weighted by Crippen LogP contribution is -2.16. The molecule has 6 aromatic carbocycles. The van der Waals surface area contributed by atoms with Crippen molar-refractivity contribution < 1.29 is 0 Å². The summed E-state index contributed by atoms with van der Waals surface area (Å²) < 4.78 is 0. The minimum absolute atomic E-state index is 0.155. The number of anilines is 5. The molecule has 7 aromatic rings. The number of aryl methyl sites for hydroxylation is 2. The predicted molar refractivity (Wildman–Crippen MR) is 187 cm³/mol. The van der Waals surface area contributed by atoms with Crippen LogP contribution in [-0.4, -0.2) is 4.98 Å². The third-order valence-corrected chi connectivity index (χ3v) is 9.32. The molecule has 0 saturated heterocycles. The van der Waals surface area contributed by atoms with Gasteiger partial charge in [0.25, 0.3) is 0 Å². The summed E-state index contributed by atoms with van der Waals surface area (Å²) in [5, 5.41) is 6.23. The molecule has 0 unspecified atom stereocenters. The Balaban J connectivity index is 1.18. The SMILES string of the molecule is Cc1ccc(N(c2ccc(C)cc2)c2ccc3c(c2)C(C)(C)c2cc(Nc4cccc5c4[nH]c4ccccc45)ccc2-3)cc1. The molecule has 0 aliphatic heterocycles. The highest BCUT2D eigenvalue weighted by Crippen LogP contribution is 2.51. The second-order valence-corrected chi connectivity index (χ2v) is 12.6. The number of benzene rings is 6. The van der Waals surface area contributed by atoms with Crippen molar-refractivity contribution in [3.63, 3.8) is 0 Å². The second-order valence-electron chi connectivity index (χ2n) is 12.6. The van der Waals surface area contributed by atoms with Gasteiger partial charge in [-0.2, -0.15) is 0 Å². The van der Waals surface area contributed by atoms with Gasteiger partial charge in [-0.15, -0.1) is 0 Å². The second kappa shape index (κ2) is 9.89. The quantitative estimate of drug-likeness (QED) is 0.216. The summed E-state index contributed by atoms with van der Waals surface area (Å²) in [5.41, 5.74) is 15.6. The van der Waals surface area contributed by atoms with E-state index in [2.05, 4.69) is 170 Å². The van der Waals surface area contributed by atoms with E-state index in [1.54, 1.807) is 0 Å². The third kappa shape index (κ3) is 4.19. The van der Waals surface area contributed by atoms with E-state index in [0.29, 0.717) is 0 Å². The number of hydrogen-bond donors (Lipinski definition) is 2. The van der Waals surface area contributed by atoms with Crippen LogP contribution in [0.25, 0.3) is 32.9 Å². The highest BCUT2D eigenvalue weighted by Gasteiger charge is 2.36. The monoisotopic (exact) mass is 569 g/mol. The number of H-pyrrole nitrogens is 1. The van der Waals surface area contributed by atoms with Crippen LogP contribution in [-0.2, 0) is 5.41 Å². The number of nitrogens with zero attached hydrogens (tertiary/aromatic N) is 1. The average Bonchev–Trinajstić information content (AvgIpc) is 3.52. The van der Waals surface area contributed by atoms with E-state index in [9.17, 15) is 0 Å². The maximum Gasteiger partial charge on any atom is 0.0704 e. The molecule has 0 bridgehead atoms. The van der Waals surface area contributed by atoms with E-state index in [-0.39, 0.29) is 5.41 Å². The summed E-state index contributed by atoms with van der Waals surface area (Å²) in [7, 11) is 0. The highest BCUT2D eigenvalue weighted by atomic mass is 15.1. The van der Waals surface area contributed by atoms with Crippen LogP contribution in [0.15, 0.2) is 127 Å². The first-order valence-electron chi connectivity index (χ1n) is 15.4. The van der Waals surface area contributed by atoms with Gasteiger partial charge < -0.3 is 15.2 Å². The van der Waals surface area contributed by atoms with Crippen molar-refractivity contribution >= 4 is 50.2 Å². The molecular weight excluding hydrogens is 534 g/mol. The van der Waals surface area contributed by atoms with Crippen LogP contribution in [0.1, 0.15) is 36.1 Å². The van der Waals surface area contributed by atoms with Crippen molar-refractivity contribution in [1.82, 2.24) is 4.98 Å². The van der Waals surface area contributed by atoms with Gasteiger partial charge >= 0.3 is 0 Å². The minimum Gasteiger partial charge on any atom is -0.354 e. The number of para-hydroxylation sites is 2. The molecule has 1 aliphatic carbocycles. The molecule has 0 radical (unpaired) electrons. The fourth-order valence-corrected chi connectivity index (χ4v) is 6.91. The van der Waals surface area contributed by atoms with E-state index in [1.807, 2.05) is 0 Å². The zero-order valence-corrected chi connectivity index (χ0v) is 25.6. The fraction of sp³-hybridized carbons (Fsp3) is 0.122. The van der Waals surface area contributed by atoms with Crippen LogP contribution in [0.2, 0.25) is 0 Å². The van der Waals surface area contributed by atoms with Gasteiger partial charge in [-0.3, -0.25) is 0 Å². The lowest BCUT2D eigenvalue weighted by Gasteiger charge is -2.28. The number of aromatic amines is 1. The molecule has 0 saturated carbocycles. The van der Waals surface area contributed by atoms with E-state index in [4.69, 9.17) is 0 Å². The number of fused-ring (bicyclic) bond motifs is 6. The Labute approximate surface area is 258 Å². The van der Waals surface area contributed by atoms with E-state index < -0.39 is 0 Å². The molecule has 1 aromatic heterocycles. The Hall–Kier alpha value is -5.28. The van der Waals surface area contributed by atoms with Crippen molar-refractivity contribution in [3.05, 3.63) is 150 Å². The van der Waals surface area contributed by atoms with Gasteiger partial charge in [-0.05, 0) is 96.8 Å². The Bertz CT molecular complexity index is 2140. The summed E-state index contributed by atoms with van der Waals surface area (Å²) in [6, 6.07) is 46.4. The summed E-state index contributed by atoms with van der Waals surface area (Å²) in [6.45, 7) is 8.98. The lowest BCUT2D eigenvalue weighted by molar-refractivity contribution is 0.660. The molecule has 0 amide bonds. The standard InChI is InChI=1S/C41H35N3/c1-26-12-17-29(18-13-26)44(30-19-14-27(2)15-20-30)31-21-23-33-32-22-16-28(24-36(32)41(3,4)37(33)25-31)42-39-11-7-9-35-34-8-5-6-10-38(34)43-40(35)39/h5-25,42-43H,1-4H3. The molecule has 0 atom stereocenters. The van der Waals surface area contributed by atoms with Crippen LogP contribution in [0.4, 0.5) is 28.4 Å². The highest BCUT2D eigenvalue weighted by molar-refractivity contribution is 6.11. The third-order valence-electron chi connectivity index (χ3n) is 9.32. The summed E-state index contributed by atoms with van der Waals surface area (Å²) in [6.07, 6.45) is 0. The smallest absolute Gasteiger partial charge is 0.0704 e. The first kappa shape index (κ1) is 26.4. The Morgan fingerprint density at radius 1 is 0.568 bits per heavy atom. The minimum atomic E-state index is -0.155. The Morgan fingerprint density at radius 2 is 1.16 bits per heavy atom. The van der Waals surface area contributed by atoms with E-state index in [0.717, 1.165) is 33.8 Å². The summed E-state index contributed by atoms with van der Waals surface area (Å²) >= 11 is 0. The molecule has 44 heavy (non-hydrogen) atoms. The Kier molecular flexibility index (Phi) is 5.92. The van der Waals surface area contributed by atoms with Gasteiger partial charge in [0.1, 0.15) is 0 Å². The van der Waals surface area contributed by atoms with Gasteiger partial charge in [0.15, 0.2) is 0 Å². The van der Waals surface area contributed by atoms with Crippen molar-refractivity contribution in [3.8, 4) is 11.1 Å². The van der Waals surface area contributed by atoms with Crippen LogP contribution in [0.3, 0.4) is 0 Å². The number of aromatic nitrogens is 1. The van der Waals surface area contributed by atoms with Crippen LogP contribution >= 0.6 is 0 Å². The van der Waals surface area contributed by atoms with Gasteiger partial charge in [-0.25, -0.2) is 0 Å². The zero-order valence-electron chi connectivity index (χ0n) is 25.6. The molecule has 8 rings (SSSR count). The summed E-state index contributed by atoms with van der Waals surface area (Å²) in [5.74, 6) is 0. The van der Waals surface area contributed by atoms with Gasteiger partial charge in [-0.1, -0.05) is 91.7 Å². The zero-order chi connectivity index (χ0) is 30.0. The number of nitrogens with one attached hydrogen (secondary N) is 2. The first-order valence-corrected chi connectivity index (χ1v) is 15.4. The normalized spacial score (nSPS) is 13.2. The van der Waals surface area contributed by atoms with Gasteiger partial charge in [0.2, 0.25) is 0 Å².